The van der Waals surface area contributed by atoms with E-state index in [1.54, 1.807) is 28.4 Å². The molecule has 0 radical (unpaired) electrons. The Morgan fingerprint density at radius 3 is 2.78 bits per heavy atom. The summed E-state index contributed by atoms with van der Waals surface area (Å²) in [5, 5.41) is 2.36. The van der Waals surface area contributed by atoms with Crippen LogP contribution in [0.5, 0.6) is 0 Å². The van der Waals surface area contributed by atoms with Gasteiger partial charge in [-0.2, -0.15) is 0 Å². The average molecular weight is 361 g/mol. The van der Waals surface area contributed by atoms with Crippen molar-refractivity contribution in [2.24, 2.45) is 0 Å². The largest absolute Gasteiger partial charge is 0.322 e. The van der Waals surface area contributed by atoms with Crippen molar-refractivity contribution in [3.8, 4) is 10.6 Å². The Morgan fingerprint density at radius 1 is 1.17 bits per heavy atom. The van der Waals surface area contributed by atoms with E-state index >= 15 is 0 Å². The minimum Gasteiger partial charge on any atom is -0.322 e. The number of pyridine rings is 1. The van der Waals surface area contributed by atoms with Gasteiger partial charge in [0.1, 0.15) is 10.8 Å². The van der Waals surface area contributed by atoms with Crippen molar-refractivity contribution in [1.29, 1.82) is 0 Å². The molecule has 0 atom stereocenters. The summed E-state index contributed by atoms with van der Waals surface area (Å²) < 4.78 is 14.2. The molecule has 0 aliphatic carbocycles. The minimum absolute atomic E-state index is 0.315. The molecular weight excluding hydrogens is 351 g/mol. The summed E-state index contributed by atoms with van der Waals surface area (Å²) >= 11 is 13.3. The monoisotopic (exact) mass is 360 g/mol. The Kier molecular flexibility index (Phi) is 3.64. The zero-order valence-electron chi connectivity index (χ0n) is 11.8. The van der Waals surface area contributed by atoms with Gasteiger partial charge < -0.3 is 4.90 Å². The van der Waals surface area contributed by atoms with Gasteiger partial charge in [0.2, 0.25) is 0 Å². The highest BCUT2D eigenvalue weighted by Crippen LogP contribution is 2.36. The van der Waals surface area contributed by atoms with Crippen molar-refractivity contribution in [1.82, 2.24) is 4.98 Å². The van der Waals surface area contributed by atoms with Crippen LogP contribution in [0.2, 0.25) is 5.02 Å². The van der Waals surface area contributed by atoms with Gasteiger partial charge in [-0.3, -0.25) is 0 Å². The van der Waals surface area contributed by atoms with Crippen molar-refractivity contribution in [2.75, 3.05) is 4.90 Å². The lowest BCUT2D eigenvalue weighted by Crippen LogP contribution is -2.23. The summed E-state index contributed by atoms with van der Waals surface area (Å²) in [6.45, 7) is 0.425. The molecule has 0 fully saturated rings. The van der Waals surface area contributed by atoms with E-state index in [1.807, 2.05) is 29.6 Å². The maximum Gasteiger partial charge on any atom is 0.148 e. The maximum absolute atomic E-state index is 14.2. The van der Waals surface area contributed by atoms with Gasteiger partial charge in [-0.05, 0) is 35.7 Å². The van der Waals surface area contributed by atoms with Gasteiger partial charge in [-0.1, -0.05) is 36.0 Å². The SMILES string of the molecule is Fc1cccc(Cl)c1N1Cc2nc(-c3cccs3)ccc2C1=S. The Bertz CT molecular complexity index is 889. The van der Waals surface area contributed by atoms with Crippen LogP contribution in [0.15, 0.2) is 47.8 Å². The van der Waals surface area contributed by atoms with Gasteiger partial charge in [0.15, 0.2) is 0 Å². The second kappa shape index (κ2) is 5.67. The first kappa shape index (κ1) is 14.8. The molecule has 0 saturated heterocycles. The molecule has 114 valence electrons. The van der Waals surface area contributed by atoms with Gasteiger partial charge in [-0.25, -0.2) is 9.37 Å². The molecular formula is C17H10ClFN2S2. The Balaban J connectivity index is 1.76. The van der Waals surface area contributed by atoms with Crippen molar-refractivity contribution < 1.29 is 4.39 Å². The number of thiophene rings is 1. The summed E-state index contributed by atoms with van der Waals surface area (Å²) in [6, 6.07) is 12.6. The number of aromatic nitrogens is 1. The van der Waals surface area contributed by atoms with Crippen LogP contribution in [0.3, 0.4) is 0 Å². The molecule has 0 amide bonds. The number of thiocarbonyl (C=S) groups is 1. The molecule has 0 spiro atoms. The van der Waals surface area contributed by atoms with E-state index in [0.29, 0.717) is 22.2 Å². The van der Waals surface area contributed by atoms with E-state index in [9.17, 15) is 4.39 Å². The zero-order valence-corrected chi connectivity index (χ0v) is 14.2. The topological polar surface area (TPSA) is 16.1 Å². The van der Waals surface area contributed by atoms with E-state index in [4.69, 9.17) is 28.8 Å². The minimum atomic E-state index is -0.383. The number of halogens is 2. The lowest BCUT2D eigenvalue weighted by Gasteiger charge is -2.19. The van der Waals surface area contributed by atoms with Crippen LogP contribution in [0.4, 0.5) is 10.1 Å². The highest BCUT2D eigenvalue weighted by atomic mass is 35.5. The number of nitrogens with zero attached hydrogens (tertiary/aromatic N) is 2. The van der Waals surface area contributed by atoms with Gasteiger partial charge in [0, 0.05) is 5.56 Å². The van der Waals surface area contributed by atoms with Gasteiger partial charge in [-0.15, -0.1) is 11.3 Å². The molecule has 1 aliphatic rings. The van der Waals surface area contributed by atoms with E-state index < -0.39 is 0 Å². The first-order chi connectivity index (χ1) is 11.1. The molecule has 0 unspecified atom stereocenters. The Hall–Kier alpha value is -1.82. The molecule has 0 bridgehead atoms. The van der Waals surface area contributed by atoms with E-state index in [-0.39, 0.29) is 5.82 Å². The fourth-order valence-corrected chi connectivity index (χ4v) is 3.97. The lowest BCUT2D eigenvalue weighted by molar-refractivity contribution is 0.626. The molecule has 3 heterocycles. The zero-order chi connectivity index (χ0) is 16.0. The van der Waals surface area contributed by atoms with E-state index in [1.165, 1.54) is 6.07 Å². The van der Waals surface area contributed by atoms with Crippen molar-refractivity contribution in [3.05, 3.63) is 69.9 Å². The quantitative estimate of drug-likeness (QED) is 0.577. The number of hydrogen-bond donors (Lipinski definition) is 0. The van der Waals surface area contributed by atoms with Gasteiger partial charge in [0.25, 0.3) is 0 Å². The summed E-state index contributed by atoms with van der Waals surface area (Å²) in [5.74, 6) is -0.383. The maximum atomic E-state index is 14.2. The first-order valence-electron chi connectivity index (χ1n) is 6.95. The van der Waals surface area contributed by atoms with Crippen LogP contribution in [0, 0.1) is 5.82 Å². The molecule has 1 aromatic carbocycles. The third-order valence-electron chi connectivity index (χ3n) is 3.74. The molecule has 0 N–H and O–H groups in total. The Labute approximate surface area is 147 Å². The van der Waals surface area contributed by atoms with Gasteiger partial charge in [0.05, 0.1) is 33.5 Å². The molecule has 0 saturated carbocycles. The van der Waals surface area contributed by atoms with Crippen LogP contribution < -0.4 is 4.90 Å². The number of hydrogen-bond acceptors (Lipinski definition) is 3. The molecule has 2 aromatic heterocycles. The summed E-state index contributed by atoms with van der Waals surface area (Å²) in [4.78, 5) is 8.06. The molecule has 23 heavy (non-hydrogen) atoms. The summed E-state index contributed by atoms with van der Waals surface area (Å²) in [5.41, 5.74) is 2.93. The normalized spacial score (nSPS) is 13.5. The van der Waals surface area contributed by atoms with E-state index in [0.717, 1.165) is 21.8 Å². The number of rotatable bonds is 2. The smallest absolute Gasteiger partial charge is 0.148 e. The number of fused-ring (bicyclic) bond motifs is 1. The van der Waals surface area contributed by atoms with Gasteiger partial charge >= 0.3 is 0 Å². The van der Waals surface area contributed by atoms with Crippen molar-refractivity contribution in [3.63, 3.8) is 0 Å². The predicted molar refractivity (Wildman–Crippen MR) is 96.8 cm³/mol. The summed E-state index contributed by atoms with van der Waals surface area (Å²) in [7, 11) is 0. The van der Waals surface area contributed by atoms with Crippen LogP contribution in [0.1, 0.15) is 11.3 Å². The van der Waals surface area contributed by atoms with Crippen LogP contribution >= 0.6 is 35.2 Å². The summed E-state index contributed by atoms with van der Waals surface area (Å²) in [6.07, 6.45) is 0. The molecule has 2 nitrogen and oxygen atoms in total. The highest BCUT2D eigenvalue weighted by Gasteiger charge is 2.29. The fourth-order valence-electron chi connectivity index (χ4n) is 2.67. The highest BCUT2D eigenvalue weighted by molar-refractivity contribution is 7.81. The van der Waals surface area contributed by atoms with Crippen LogP contribution in [-0.4, -0.2) is 9.97 Å². The number of anilines is 1. The second-order valence-electron chi connectivity index (χ2n) is 5.13. The third kappa shape index (κ3) is 2.45. The van der Waals surface area contributed by atoms with Crippen molar-refractivity contribution >= 4 is 45.8 Å². The first-order valence-corrected chi connectivity index (χ1v) is 8.61. The fraction of sp³-hybridized carbons (Fsp3) is 0.0588. The van der Waals surface area contributed by atoms with Crippen LogP contribution in [-0.2, 0) is 6.54 Å². The molecule has 1 aliphatic heterocycles. The molecule has 3 aromatic rings. The Morgan fingerprint density at radius 2 is 2.04 bits per heavy atom. The molecule has 6 heteroatoms. The number of para-hydroxylation sites is 1. The standard InChI is InChI=1S/C17H10ClFN2S2/c18-11-3-1-4-12(19)16(11)21-9-14-10(17(21)22)6-7-13(20-14)15-5-2-8-23-15/h1-8H,9H2. The molecule has 4 rings (SSSR count). The average Bonchev–Trinajstić information content (AvgIpc) is 3.16. The third-order valence-corrected chi connectivity index (χ3v) is 5.38. The predicted octanol–water partition coefficient (Wildman–Crippen LogP) is 5.30. The van der Waals surface area contributed by atoms with Crippen molar-refractivity contribution in [2.45, 2.75) is 6.54 Å². The lowest BCUT2D eigenvalue weighted by atomic mass is 10.2. The van der Waals surface area contributed by atoms with E-state index in [2.05, 4.69) is 0 Å². The number of benzene rings is 1. The van der Waals surface area contributed by atoms with Crippen LogP contribution in [0.25, 0.3) is 10.6 Å². The second-order valence-corrected chi connectivity index (χ2v) is 6.87.